The van der Waals surface area contributed by atoms with Crippen molar-refractivity contribution in [2.45, 2.75) is 64.9 Å². The van der Waals surface area contributed by atoms with Crippen LogP contribution in [0.25, 0.3) is 0 Å². The van der Waals surface area contributed by atoms with E-state index in [0.717, 1.165) is 70.4 Å². The predicted molar refractivity (Wildman–Crippen MR) is 143 cm³/mol. The summed E-state index contributed by atoms with van der Waals surface area (Å²) < 4.78 is 13.0. The molecule has 0 atom stereocenters. The highest BCUT2D eigenvalue weighted by Crippen LogP contribution is 2.51. The van der Waals surface area contributed by atoms with Gasteiger partial charge in [0.25, 0.3) is 0 Å². The van der Waals surface area contributed by atoms with Gasteiger partial charge >= 0.3 is 0 Å². The standard InChI is InChI=1S/C30H32BrNO4/c1-3-32-22-12-8-14-24(33)28(22)27(29-23(32)13-9-15-25(29)34)20-16-21(31)30(26(17-20)35-4-2)36-18-19-10-6-5-7-11-19/h5-7,10-11,16-17,27H,3-4,8-9,12-15,18H2,1-2H3. The van der Waals surface area contributed by atoms with Crippen molar-refractivity contribution >= 4 is 27.5 Å². The Morgan fingerprint density at radius 1 is 0.889 bits per heavy atom. The fourth-order valence-electron chi connectivity index (χ4n) is 5.82. The Morgan fingerprint density at radius 3 is 2.11 bits per heavy atom. The van der Waals surface area contributed by atoms with Crippen LogP contribution in [0.5, 0.6) is 11.5 Å². The molecule has 0 radical (unpaired) electrons. The summed E-state index contributed by atoms with van der Waals surface area (Å²) >= 11 is 3.72. The number of carbonyl (C=O) groups excluding carboxylic acids is 2. The Balaban J connectivity index is 1.62. The van der Waals surface area contributed by atoms with E-state index in [1.54, 1.807) is 0 Å². The average molecular weight is 550 g/mol. The van der Waals surface area contributed by atoms with Gasteiger partial charge in [0.05, 0.1) is 11.1 Å². The molecule has 0 amide bonds. The molecule has 5 rings (SSSR count). The maximum Gasteiger partial charge on any atom is 0.175 e. The molecule has 1 heterocycles. The summed E-state index contributed by atoms with van der Waals surface area (Å²) in [5.74, 6) is 1.19. The zero-order valence-electron chi connectivity index (χ0n) is 20.9. The summed E-state index contributed by atoms with van der Waals surface area (Å²) in [7, 11) is 0. The van der Waals surface area contributed by atoms with Crippen LogP contribution in [-0.2, 0) is 16.2 Å². The van der Waals surface area contributed by atoms with Gasteiger partial charge in [-0.05, 0) is 78.7 Å². The lowest BCUT2D eigenvalue weighted by molar-refractivity contribution is -0.117. The Labute approximate surface area is 221 Å². The van der Waals surface area contributed by atoms with Gasteiger partial charge in [-0.15, -0.1) is 0 Å². The molecule has 6 heteroatoms. The van der Waals surface area contributed by atoms with Crippen LogP contribution < -0.4 is 9.47 Å². The summed E-state index contributed by atoms with van der Waals surface area (Å²) in [4.78, 5) is 29.0. The Morgan fingerprint density at radius 2 is 1.53 bits per heavy atom. The fourth-order valence-corrected chi connectivity index (χ4v) is 6.39. The van der Waals surface area contributed by atoms with Crippen molar-refractivity contribution in [3.63, 3.8) is 0 Å². The van der Waals surface area contributed by atoms with Gasteiger partial charge in [-0.3, -0.25) is 9.59 Å². The second-order valence-electron chi connectivity index (χ2n) is 9.49. The molecular formula is C30H32BrNO4. The Bertz CT molecular complexity index is 1200. The van der Waals surface area contributed by atoms with Crippen molar-refractivity contribution in [1.82, 2.24) is 4.90 Å². The van der Waals surface area contributed by atoms with Crippen LogP contribution >= 0.6 is 15.9 Å². The molecule has 0 bridgehead atoms. The summed E-state index contributed by atoms with van der Waals surface area (Å²) in [5.41, 5.74) is 5.76. The minimum Gasteiger partial charge on any atom is -0.490 e. The topological polar surface area (TPSA) is 55.8 Å². The lowest BCUT2D eigenvalue weighted by Crippen LogP contribution is -2.39. The van der Waals surface area contributed by atoms with Gasteiger partial charge in [-0.1, -0.05) is 30.3 Å². The van der Waals surface area contributed by atoms with Crippen LogP contribution in [0.4, 0.5) is 0 Å². The van der Waals surface area contributed by atoms with Gasteiger partial charge in [0.2, 0.25) is 0 Å². The van der Waals surface area contributed by atoms with E-state index in [1.807, 2.05) is 49.4 Å². The number of Topliss-reactive ketones (excluding diaryl/α,β-unsaturated/α-hetero) is 2. The van der Waals surface area contributed by atoms with Crippen molar-refractivity contribution in [3.8, 4) is 11.5 Å². The van der Waals surface area contributed by atoms with E-state index >= 15 is 0 Å². The van der Waals surface area contributed by atoms with E-state index in [-0.39, 0.29) is 17.5 Å². The summed E-state index contributed by atoms with van der Waals surface area (Å²) in [6, 6.07) is 14.0. The number of rotatable bonds is 7. The number of hydrogen-bond acceptors (Lipinski definition) is 5. The first-order valence-corrected chi connectivity index (χ1v) is 13.8. The normalized spacial score (nSPS) is 18.4. The minimum absolute atomic E-state index is 0.156. The molecule has 2 aromatic carbocycles. The van der Waals surface area contributed by atoms with Crippen LogP contribution in [0.1, 0.15) is 69.4 Å². The monoisotopic (exact) mass is 549 g/mol. The molecule has 0 saturated carbocycles. The van der Waals surface area contributed by atoms with Crippen LogP contribution in [0.2, 0.25) is 0 Å². The zero-order chi connectivity index (χ0) is 25.2. The molecular weight excluding hydrogens is 518 g/mol. The predicted octanol–water partition coefficient (Wildman–Crippen LogP) is 6.86. The molecule has 0 N–H and O–H groups in total. The number of ether oxygens (including phenoxy) is 2. The number of nitrogens with zero attached hydrogens (tertiary/aromatic N) is 1. The van der Waals surface area contributed by atoms with Crippen molar-refractivity contribution in [3.05, 3.63) is 80.6 Å². The summed E-state index contributed by atoms with van der Waals surface area (Å²) in [5, 5.41) is 0. The van der Waals surface area contributed by atoms with Crippen molar-refractivity contribution in [1.29, 1.82) is 0 Å². The highest BCUT2D eigenvalue weighted by atomic mass is 79.9. The molecule has 188 valence electrons. The van der Waals surface area contributed by atoms with Crippen molar-refractivity contribution < 1.29 is 19.1 Å². The first kappa shape index (κ1) is 24.8. The second-order valence-corrected chi connectivity index (χ2v) is 10.3. The molecule has 2 aromatic rings. The van der Waals surface area contributed by atoms with Gasteiger partial charge in [-0.25, -0.2) is 0 Å². The third-order valence-electron chi connectivity index (χ3n) is 7.29. The third kappa shape index (κ3) is 4.52. The average Bonchev–Trinajstić information content (AvgIpc) is 2.88. The Kier molecular flexibility index (Phi) is 7.33. The maximum absolute atomic E-state index is 13.4. The van der Waals surface area contributed by atoms with E-state index in [9.17, 15) is 9.59 Å². The first-order chi connectivity index (χ1) is 17.5. The van der Waals surface area contributed by atoms with E-state index in [1.165, 1.54) is 0 Å². The highest BCUT2D eigenvalue weighted by Gasteiger charge is 2.43. The molecule has 36 heavy (non-hydrogen) atoms. The van der Waals surface area contributed by atoms with Crippen LogP contribution in [0.3, 0.4) is 0 Å². The lowest BCUT2D eigenvalue weighted by atomic mass is 9.71. The number of halogens is 1. The van der Waals surface area contributed by atoms with Crippen LogP contribution in [-0.4, -0.2) is 29.6 Å². The molecule has 1 aliphatic heterocycles. The van der Waals surface area contributed by atoms with Gasteiger partial charge in [0.15, 0.2) is 23.1 Å². The van der Waals surface area contributed by atoms with E-state index < -0.39 is 0 Å². The highest BCUT2D eigenvalue weighted by molar-refractivity contribution is 9.10. The summed E-state index contributed by atoms with van der Waals surface area (Å²) in [6.07, 6.45) is 4.51. The van der Waals surface area contributed by atoms with Gasteiger partial charge < -0.3 is 14.4 Å². The van der Waals surface area contributed by atoms with Gasteiger partial charge in [0.1, 0.15) is 6.61 Å². The quantitative estimate of drug-likeness (QED) is 0.377. The number of benzene rings is 2. The smallest absolute Gasteiger partial charge is 0.175 e. The molecule has 0 spiro atoms. The number of carbonyl (C=O) groups is 2. The molecule has 2 aliphatic carbocycles. The van der Waals surface area contributed by atoms with Crippen LogP contribution in [0.15, 0.2) is 69.5 Å². The van der Waals surface area contributed by atoms with Gasteiger partial charge in [-0.2, -0.15) is 0 Å². The van der Waals surface area contributed by atoms with E-state index in [2.05, 4.69) is 27.8 Å². The van der Waals surface area contributed by atoms with Gasteiger partial charge in [0, 0.05) is 47.8 Å². The molecule has 5 nitrogen and oxygen atoms in total. The van der Waals surface area contributed by atoms with Crippen molar-refractivity contribution in [2.75, 3.05) is 13.2 Å². The minimum atomic E-state index is -0.364. The van der Waals surface area contributed by atoms with E-state index in [0.29, 0.717) is 37.6 Å². The van der Waals surface area contributed by atoms with E-state index in [4.69, 9.17) is 9.47 Å². The molecule has 0 fully saturated rings. The molecule has 0 aromatic heterocycles. The number of hydrogen-bond donors (Lipinski definition) is 0. The van der Waals surface area contributed by atoms with Crippen molar-refractivity contribution in [2.24, 2.45) is 0 Å². The zero-order valence-corrected chi connectivity index (χ0v) is 22.5. The molecule has 0 saturated heterocycles. The molecule has 0 unspecified atom stereocenters. The summed E-state index contributed by atoms with van der Waals surface area (Å²) in [6.45, 7) is 5.71. The molecule has 3 aliphatic rings. The maximum atomic E-state index is 13.4. The largest absolute Gasteiger partial charge is 0.490 e. The SMILES string of the molecule is CCOc1cc(C2C3=C(CCCC3=O)N(CC)C3=C2C(=O)CCC3)cc(Br)c1OCc1ccccc1. The third-order valence-corrected chi connectivity index (χ3v) is 7.88. The number of allylic oxidation sites excluding steroid dienone is 4. The lowest BCUT2D eigenvalue weighted by Gasteiger charge is -2.43. The number of ketones is 2. The fraction of sp³-hybridized carbons (Fsp3) is 0.400. The Hall–Kier alpha value is -2.86. The first-order valence-electron chi connectivity index (χ1n) is 13.0. The second kappa shape index (κ2) is 10.6. The van der Waals surface area contributed by atoms with Crippen LogP contribution in [0, 0.1) is 0 Å².